The highest BCUT2D eigenvalue weighted by atomic mass is 16.5. The van der Waals surface area contributed by atoms with Gasteiger partial charge < -0.3 is 9.47 Å². The van der Waals surface area contributed by atoms with E-state index in [-0.39, 0.29) is 0 Å². The van der Waals surface area contributed by atoms with Gasteiger partial charge in [-0.25, -0.2) is 0 Å². The predicted molar refractivity (Wildman–Crippen MR) is 59.6 cm³/mol. The molecule has 0 saturated heterocycles. The van der Waals surface area contributed by atoms with Gasteiger partial charge >= 0.3 is 0 Å². The van der Waals surface area contributed by atoms with Crippen LogP contribution in [-0.4, -0.2) is 25.8 Å². The second kappa shape index (κ2) is 5.90. The van der Waals surface area contributed by atoms with Crippen molar-refractivity contribution in [2.75, 3.05) is 13.2 Å². The lowest BCUT2D eigenvalue weighted by Crippen LogP contribution is -2.01. The molecular weight excluding hydrogens is 208 g/mol. The molecule has 1 aromatic carbocycles. The third-order valence-electron chi connectivity index (χ3n) is 2.00. The maximum atomic E-state index is 10.8. The molecule has 0 aromatic heterocycles. The van der Waals surface area contributed by atoms with E-state index >= 15 is 0 Å². The van der Waals surface area contributed by atoms with Crippen LogP contribution in [0.3, 0.4) is 0 Å². The standard InChI is InChI=1S/C12H14O4/c1-3-15-11-5-10(8-14)12(16-4-2)6-9(11)7-13/h5-8H,3-4H2,1-2H3. The number of benzene rings is 1. The van der Waals surface area contributed by atoms with E-state index in [0.29, 0.717) is 48.4 Å². The first kappa shape index (κ1) is 12.2. The molecule has 0 heterocycles. The summed E-state index contributed by atoms with van der Waals surface area (Å²) in [6, 6.07) is 3.04. The minimum absolute atomic E-state index is 0.385. The second-order valence-corrected chi connectivity index (χ2v) is 3.03. The average molecular weight is 222 g/mol. The zero-order chi connectivity index (χ0) is 12.0. The topological polar surface area (TPSA) is 52.6 Å². The van der Waals surface area contributed by atoms with Crippen molar-refractivity contribution in [2.24, 2.45) is 0 Å². The maximum Gasteiger partial charge on any atom is 0.153 e. The molecule has 0 fully saturated rings. The average Bonchev–Trinajstić information content (AvgIpc) is 2.31. The van der Waals surface area contributed by atoms with E-state index in [1.54, 1.807) is 0 Å². The molecule has 0 spiro atoms. The SMILES string of the molecule is CCOc1cc(C=O)c(OCC)cc1C=O. The molecule has 0 saturated carbocycles. The van der Waals surface area contributed by atoms with Crippen LogP contribution in [0.2, 0.25) is 0 Å². The summed E-state index contributed by atoms with van der Waals surface area (Å²) in [5.74, 6) is 0.811. The van der Waals surface area contributed by atoms with Gasteiger partial charge in [0.1, 0.15) is 11.5 Å². The van der Waals surface area contributed by atoms with Crippen molar-refractivity contribution in [3.05, 3.63) is 23.3 Å². The summed E-state index contributed by atoms with van der Waals surface area (Å²) in [5, 5.41) is 0. The van der Waals surface area contributed by atoms with Crippen LogP contribution in [-0.2, 0) is 0 Å². The first-order valence-electron chi connectivity index (χ1n) is 5.10. The number of carbonyl (C=O) groups is 2. The van der Waals surface area contributed by atoms with Crippen molar-refractivity contribution >= 4 is 12.6 Å². The van der Waals surface area contributed by atoms with Gasteiger partial charge in [-0.1, -0.05) is 0 Å². The van der Waals surface area contributed by atoms with Crippen LogP contribution in [0.25, 0.3) is 0 Å². The molecule has 0 atom stereocenters. The van der Waals surface area contributed by atoms with E-state index in [1.165, 1.54) is 12.1 Å². The molecule has 4 heteroatoms. The summed E-state index contributed by atoms with van der Waals surface area (Å²) < 4.78 is 10.5. The predicted octanol–water partition coefficient (Wildman–Crippen LogP) is 2.11. The summed E-state index contributed by atoms with van der Waals surface area (Å²) >= 11 is 0. The Hall–Kier alpha value is -1.84. The van der Waals surface area contributed by atoms with Gasteiger partial charge in [-0.2, -0.15) is 0 Å². The van der Waals surface area contributed by atoms with Crippen LogP contribution < -0.4 is 9.47 Å². The maximum absolute atomic E-state index is 10.8. The summed E-state index contributed by atoms with van der Waals surface area (Å²) in [7, 11) is 0. The molecule has 4 nitrogen and oxygen atoms in total. The molecule has 1 aromatic rings. The van der Waals surface area contributed by atoms with E-state index in [0.717, 1.165) is 0 Å². The van der Waals surface area contributed by atoms with E-state index < -0.39 is 0 Å². The van der Waals surface area contributed by atoms with E-state index in [2.05, 4.69) is 0 Å². The molecule has 0 aliphatic carbocycles. The van der Waals surface area contributed by atoms with Gasteiger partial charge in [0, 0.05) is 0 Å². The fraction of sp³-hybridized carbons (Fsp3) is 0.333. The minimum Gasteiger partial charge on any atom is -0.493 e. The Kier molecular flexibility index (Phi) is 4.51. The number of hydrogen-bond donors (Lipinski definition) is 0. The Morgan fingerprint density at radius 3 is 1.56 bits per heavy atom. The third kappa shape index (κ3) is 2.59. The van der Waals surface area contributed by atoms with Crippen molar-refractivity contribution in [3.63, 3.8) is 0 Å². The summed E-state index contributed by atoms with van der Waals surface area (Å²) in [5.41, 5.74) is 0.770. The van der Waals surface area contributed by atoms with Crippen molar-refractivity contribution in [3.8, 4) is 11.5 Å². The molecule has 0 aliphatic heterocycles. The van der Waals surface area contributed by atoms with Crippen LogP contribution >= 0.6 is 0 Å². The third-order valence-corrected chi connectivity index (χ3v) is 2.00. The van der Waals surface area contributed by atoms with Gasteiger partial charge in [-0.15, -0.1) is 0 Å². The molecule has 86 valence electrons. The van der Waals surface area contributed by atoms with Crippen molar-refractivity contribution in [1.29, 1.82) is 0 Å². The summed E-state index contributed by atoms with van der Waals surface area (Å²) in [6.45, 7) is 4.50. The van der Waals surface area contributed by atoms with Gasteiger partial charge in [0.25, 0.3) is 0 Å². The zero-order valence-electron chi connectivity index (χ0n) is 9.36. The van der Waals surface area contributed by atoms with E-state index in [9.17, 15) is 9.59 Å². The zero-order valence-corrected chi connectivity index (χ0v) is 9.36. The summed E-state index contributed by atoms with van der Waals surface area (Å²) in [6.07, 6.45) is 1.37. The Bertz CT molecular complexity index is 347. The van der Waals surface area contributed by atoms with Gasteiger partial charge in [0.05, 0.1) is 24.3 Å². The number of hydrogen-bond acceptors (Lipinski definition) is 4. The van der Waals surface area contributed by atoms with Gasteiger partial charge in [-0.3, -0.25) is 9.59 Å². The molecule has 0 radical (unpaired) electrons. The molecular formula is C12H14O4. The lowest BCUT2D eigenvalue weighted by Gasteiger charge is -2.11. The molecule has 1 rings (SSSR count). The molecule has 0 bridgehead atoms. The Morgan fingerprint density at radius 2 is 1.31 bits per heavy atom. The molecule has 0 amide bonds. The lowest BCUT2D eigenvalue weighted by atomic mass is 10.1. The Balaban J connectivity index is 3.21. The Labute approximate surface area is 94.2 Å². The highest BCUT2D eigenvalue weighted by Crippen LogP contribution is 2.27. The lowest BCUT2D eigenvalue weighted by molar-refractivity contribution is 0.110. The number of ether oxygens (including phenoxy) is 2. The molecule has 16 heavy (non-hydrogen) atoms. The molecule has 0 aliphatic rings. The smallest absolute Gasteiger partial charge is 0.153 e. The van der Waals surface area contributed by atoms with Gasteiger partial charge in [0.15, 0.2) is 12.6 Å². The first-order valence-corrected chi connectivity index (χ1v) is 5.10. The monoisotopic (exact) mass is 222 g/mol. The van der Waals surface area contributed by atoms with Crippen molar-refractivity contribution < 1.29 is 19.1 Å². The molecule has 0 unspecified atom stereocenters. The second-order valence-electron chi connectivity index (χ2n) is 3.03. The largest absolute Gasteiger partial charge is 0.493 e. The fourth-order valence-electron chi connectivity index (χ4n) is 1.34. The van der Waals surface area contributed by atoms with Gasteiger partial charge in [0.2, 0.25) is 0 Å². The van der Waals surface area contributed by atoms with E-state index in [4.69, 9.17) is 9.47 Å². The number of rotatable bonds is 6. The normalized spacial score (nSPS) is 9.62. The summed E-state index contributed by atoms with van der Waals surface area (Å²) in [4.78, 5) is 21.7. The van der Waals surface area contributed by atoms with Crippen molar-refractivity contribution in [1.82, 2.24) is 0 Å². The highest BCUT2D eigenvalue weighted by Gasteiger charge is 2.10. The first-order chi connectivity index (χ1) is 7.76. The quantitative estimate of drug-likeness (QED) is 0.692. The van der Waals surface area contributed by atoms with Gasteiger partial charge in [-0.05, 0) is 26.0 Å². The van der Waals surface area contributed by atoms with Crippen LogP contribution in [0, 0.1) is 0 Å². The van der Waals surface area contributed by atoms with Crippen LogP contribution in [0.15, 0.2) is 12.1 Å². The highest BCUT2D eigenvalue weighted by molar-refractivity contribution is 5.87. The van der Waals surface area contributed by atoms with Crippen molar-refractivity contribution in [2.45, 2.75) is 13.8 Å². The van der Waals surface area contributed by atoms with Crippen LogP contribution in [0.4, 0.5) is 0 Å². The minimum atomic E-state index is 0.385. The molecule has 0 N–H and O–H groups in total. The fourth-order valence-corrected chi connectivity index (χ4v) is 1.34. The van der Waals surface area contributed by atoms with E-state index in [1.807, 2.05) is 13.8 Å². The number of aldehydes is 2. The Morgan fingerprint density at radius 1 is 0.938 bits per heavy atom. The number of carbonyl (C=O) groups excluding carboxylic acids is 2. The van der Waals surface area contributed by atoms with Crippen LogP contribution in [0.1, 0.15) is 34.6 Å². The van der Waals surface area contributed by atoms with Crippen LogP contribution in [0.5, 0.6) is 11.5 Å².